The van der Waals surface area contributed by atoms with Crippen LogP contribution in [0.1, 0.15) is 29.9 Å². The van der Waals surface area contributed by atoms with Crippen LogP contribution in [0.4, 0.5) is 18.9 Å². The number of alkyl halides is 3. The van der Waals surface area contributed by atoms with Crippen molar-refractivity contribution in [1.82, 2.24) is 14.9 Å². The van der Waals surface area contributed by atoms with Crippen molar-refractivity contribution >= 4 is 35.0 Å². The molecule has 0 bridgehead atoms. The van der Waals surface area contributed by atoms with E-state index < -0.39 is 28.9 Å². The third-order valence-electron chi connectivity index (χ3n) is 4.96. The van der Waals surface area contributed by atoms with Gasteiger partial charge in [0.1, 0.15) is 16.8 Å². The van der Waals surface area contributed by atoms with Gasteiger partial charge in [0.25, 0.3) is 0 Å². The molecule has 1 aliphatic heterocycles. The fourth-order valence-corrected chi connectivity index (χ4v) is 4.64. The second kappa shape index (κ2) is 9.14. The summed E-state index contributed by atoms with van der Waals surface area (Å²) in [7, 11) is 0. The van der Waals surface area contributed by atoms with Crippen molar-refractivity contribution in [2.45, 2.75) is 36.5 Å². The van der Waals surface area contributed by atoms with E-state index in [0.717, 1.165) is 35.5 Å². The number of halogens is 4. The molecular weight excluding hydrogens is 479 g/mol. The second-order valence-corrected chi connectivity index (χ2v) is 8.71. The van der Waals surface area contributed by atoms with E-state index in [0.29, 0.717) is 23.3 Å². The highest BCUT2D eigenvalue weighted by Gasteiger charge is 2.38. The molecule has 3 aromatic rings. The van der Waals surface area contributed by atoms with Gasteiger partial charge in [-0.3, -0.25) is 4.79 Å². The Hall–Kier alpha value is -2.92. The molecule has 4 rings (SSSR count). The van der Waals surface area contributed by atoms with E-state index in [9.17, 15) is 18.0 Å². The molecular formula is C21H19ClF3N5O2S. The summed E-state index contributed by atoms with van der Waals surface area (Å²) in [6, 6.07) is 9.49. The van der Waals surface area contributed by atoms with Crippen LogP contribution in [0.25, 0.3) is 0 Å². The zero-order valence-corrected chi connectivity index (χ0v) is 19.1. The second-order valence-electron chi connectivity index (χ2n) is 7.19. The summed E-state index contributed by atoms with van der Waals surface area (Å²) in [6.45, 7) is 4.16. The fourth-order valence-electron chi connectivity index (χ4n) is 3.35. The van der Waals surface area contributed by atoms with E-state index in [4.69, 9.17) is 16.3 Å². The Bertz CT molecular complexity index is 1170. The fraction of sp³-hybridized carbons (Fsp3) is 0.286. The molecule has 2 N–H and O–H groups in total. The first kappa shape index (κ1) is 23.2. The normalized spacial score (nSPS) is 17.8. The van der Waals surface area contributed by atoms with Crippen molar-refractivity contribution in [3.63, 3.8) is 0 Å². The number of ether oxygens (including phenoxy) is 1. The lowest BCUT2D eigenvalue weighted by Crippen LogP contribution is -2.41. The molecule has 174 valence electrons. The topological polar surface area (TPSA) is 81.1 Å². The summed E-state index contributed by atoms with van der Waals surface area (Å²) in [5.41, 5.74) is 2.99. The minimum atomic E-state index is -4.57. The minimum absolute atomic E-state index is 0.00162. The number of aryl methyl sites for hydroxylation is 1. The molecule has 7 nitrogen and oxygen atoms in total. The van der Waals surface area contributed by atoms with Gasteiger partial charge in [-0.15, -0.1) is 10.2 Å². The van der Waals surface area contributed by atoms with Gasteiger partial charge < -0.3 is 15.5 Å². The van der Waals surface area contributed by atoms with E-state index in [1.807, 2.05) is 19.1 Å². The average Bonchev–Trinajstić information content (AvgIpc) is 3.14. The largest absolute Gasteiger partial charge is 0.494 e. The number of carbonyl (C=O) groups is 1. The Morgan fingerprint density at radius 2 is 1.97 bits per heavy atom. The van der Waals surface area contributed by atoms with Gasteiger partial charge in [-0.25, -0.2) is 4.68 Å². The van der Waals surface area contributed by atoms with Gasteiger partial charge in [0.2, 0.25) is 11.1 Å². The summed E-state index contributed by atoms with van der Waals surface area (Å²) in [4.78, 5) is 13.3. The number of hydrogen-bond acceptors (Lipinski definition) is 6. The third-order valence-corrected chi connectivity index (χ3v) is 6.50. The smallest absolute Gasteiger partial charge is 0.416 e. The van der Waals surface area contributed by atoms with Crippen LogP contribution < -0.4 is 15.5 Å². The van der Waals surface area contributed by atoms with Crippen molar-refractivity contribution in [3.8, 4) is 5.75 Å². The highest BCUT2D eigenvalue weighted by Crippen LogP contribution is 2.39. The van der Waals surface area contributed by atoms with Gasteiger partial charge in [-0.1, -0.05) is 35.5 Å². The minimum Gasteiger partial charge on any atom is -0.494 e. The van der Waals surface area contributed by atoms with Gasteiger partial charge in [0, 0.05) is 0 Å². The zero-order valence-electron chi connectivity index (χ0n) is 17.5. The van der Waals surface area contributed by atoms with E-state index in [-0.39, 0.29) is 10.7 Å². The van der Waals surface area contributed by atoms with Gasteiger partial charge in [0.05, 0.1) is 28.9 Å². The number of carbonyl (C=O) groups excluding carboxylic acids is 1. The van der Waals surface area contributed by atoms with Gasteiger partial charge in [-0.05, 0) is 49.7 Å². The first-order valence-electron chi connectivity index (χ1n) is 9.93. The molecule has 0 radical (unpaired) electrons. The maximum absolute atomic E-state index is 13.3. The number of anilines is 1. The molecule has 0 aliphatic carbocycles. The molecule has 2 aromatic carbocycles. The number of nitrogens with zero attached hydrogens (tertiary/aromatic N) is 3. The number of benzene rings is 2. The highest BCUT2D eigenvalue weighted by molar-refractivity contribution is 8.00. The average molecular weight is 498 g/mol. The third kappa shape index (κ3) is 4.88. The lowest BCUT2D eigenvalue weighted by molar-refractivity contribution is -0.137. The molecule has 1 aliphatic rings. The summed E-state index contributed by atoms with van der Waals surface area (Å²) in [6.07, 6.45) is -4.57. The Balaban J connectivity index is 1.65. The van der Waals surface area contributed by atoms with Crippen LogP contribution in [-0.2, 0) is 11.0 Å². The van der Waals surface area contributed by atoms with E-state index in [1.54, 1.807) is 23.7 Å². The Labute approximate surface area is 196 Å². The monoisotopic (exact) mass is 497 g/mol. The molecule has 0 fully saturated rings. The number of nitrogens with one attached hydrogen (secondary N) is 2. The molecule has 0 saturated heterocycles. The number of hydrogen-bond donors (Lipinski definition) is 2. The van der Waals surface area contributed by atoms with Crippen LogP contribution >= 0.6 is 23.4 Å². The number of rotatable bonds is 5. The molecule has 2 atom stereocenters. The first-order valence-corrected chi connectivity index (χ1v) is 11.2. The molecule has 33 heavy (non-hydrogen) atoms. The Morgan fingerprint density at radius 3 is 2.64 bits per heavy atom. The summed E-state index contributed by atoms with van der Waals surface area (Å²) >= 11 is 7.23. The van der Waals surface area contributed by atoms with Crippen molar-refractivity contribution < 1.29 is 22.7 Å². The van der Waals surface area contributed by atoms with Crippen molar-refractivity contribution in [2.24, 2.45) is 0 Å². The molecule has 0 spiro atoms. The summed E-state index contributed by atoms with van der Waals surface area (Å²) in [5.74, 6) is 0.760. The number of aromatic nitrogens is 3. The molecule has 0 unspecified atom stereocenters. The van der Waals surface area contributed by atoms with Crippen molar-refractivity contribution in [1.29, 1.82) is 0 Å². The first-order chi connectivity index (χ1) is 15.7. The van der Waals surface area contributed by atoms with Crippen LogP contribution in [0.2, 0.25) is 5.02 Å². The molecule has 1 aromatic heterocycles. The van der Waals surface area contributed by atoms with Crippen LogP contribution in [-0.4, -0.2) is 32.6 Å². The van der Waals surface area contributed by atoms with Crippen LogP contribution in [0.15, 0.2) is 47.6 Å². The van der Waals surface area contributed by atoms with E-state index in [1.165, 1.54) is 0 Å². The Kier molecular flexibility index (Phi) is 6.44. The quantitative estimate of drug-likeness (QED) is 0.513. The van der Waals surface area contributed by atoms with Crippen molar-refractivity contribution in [3.05, 3.63) is 64.4 Å². The SMILES string of the molecule is CCOc1ccc([C@H]2Nn3c(C)nnc3S[C@H]2C(=O)Nc2cc(C(F)(F)F)ccc2Cl)cc1. The van der Waals surface area contributed by atoms with Gasteiger partial charge in [0.15, 0.2) is 0 Å². The highest BCUT2D eigenvalue weighted by atomic mass is 35.5. The molecule has 2 heterocycles. The van der Waals surface area contributed by atoms with Crippen LogP contribution in [0.3, 0.4) is 0 Å². The van der Waals surface area contributed by atoms with Crippen LogP contribution in [0, 0.1) is 6.92 Å². The van der Waals surface area contributed by atoms with E-state index >= 15 is 0 Å². The molecule has 0 saturated carbocycles. The zero-order chi connectivity index (χ0) is 23.8. The summed E-state index contributed by atoms with van der Waals surface area (Å²) < 4.78 is 46.5. The Morgan fingerprint density at radius 1 is 1.24 bits per heavy atom. The van der Waals surface area contributed by atoms with Gasteiger partial charge >= 0.3 is 6.18 Å². The maximum Gasteiger partial charge on any atom is 0.416 e. The number of fused-ring (bicyclic) bond motifs is 1. The number of amides is 1. The predicted molar refractivity (Wildman–Crippen MR) is 119 cm³/mol. The van der Waals surface area contributed by atoms with Gasteiger partial charge in [-0.2, -0.15) is 13.2 Å². The lowest BCUT2D eigenvalue weighted by atomic mass is 10.0. The predicted octanol–water partition coefficient (Wildman–Crippen LogP) is 5.06. The standard InChI is InChI=1S/C21H19ClF3N5O2S/c1-3-32-14-7-4-12(5-8-14)17-18(33-20-28-27-11(2)30(20)29-17)19(31)26-16-10-13(21(23,24)25)6-9-15(16)22/h4-10,17-18,29H,3H2,1-2H3,(H,26,31)/t17-,18-/m1/s1. The van der Waals surface area contributed by atoms with Crippen molar-refractivity contribution in [2.75, 3.05) is 17.3 Å². The number of thioether (sulfide) groups is 1. The lowest BCUT2D eigenvalue weighted by Gasteiger charge is -2.33. The van der Waals surface area contributed by atoms with E-state index in [2.05, 4.69) is 20.9 Å². The molecule has 12 heteroatoms. The van der Waals surface area contributed by atoms with Crippen LogP contribution in [0.5, 0.6) is 5.75 Å². The molecule has 1 amide bonds. The summed E-state index contributed by atoms with van der Waals surface area (Å²) in [5, 5.41) is 10.3. The maximum atomic E-state index is 13.3.